The summed E-state index contributed by atoms with van der Waals surface area (Å²) in [5.74, 6) is 2.26. The summed E-state index contributed by atoms with van der Waals surface area (Å²) in [6.45, 7) is 6.72. The SMILES string of the molecule is CC(C)c1n[nH]c(=S)n1C1CCCCCC1C. The maximum atomic E-state index is 5.42. The Labute approximate surface area is 109 Å². The molecule has 2 unspecified atom stereocenters. The molecule has 0 radical (unpaired) electrons. The second-order valence-electron chi connectivity index (χ2n) is 5.59. The number of nitrogens with zero attached hydrogens (tertiary/aromatic N) is 2. The molecule has 3 nitrogen and oxygen atoms in total. The van der Waals surface area contributed by atoms with Gasteiger partial charge in [-0.25, -0.2) is 0 Å². The Hall–Kier alpha value is -0.640. The van der Waals surface area contributed by atoms with Gasteiger partial charge in [-0.1, -0.05) is 40.0 Å². The van der Waals surface area contributed by atoms with Crippen LogP contribution in [0.25, 0.3) is 0 Å². The van der Waals surface area contributed by atoms with Crippen molar-refractivity contribution in [2.75, 3.05) is 0 Å². The molecular weight excluding hydrogens is 230 g/mol. The molecule has 1 fully saturated rings. The fraction of sp³-hybridized carbons (Fsp3) is 0.846. The first kappa shape index (κ1) is 12.8. The minimum Gasteiger partial charge on any atom is -0.301 e. The lowest BCUT2D eigenvalue weighted by atomic mass is 9.96. The molecule has 1 saturated carbocycles. The third-order valence-electron chi connectivity index (χ3n) is 3.90. The van der Waals surface area contributed by atoms with Gasteiger partial charge in [-0.15, -0.1) is 0 Å². The lowest BCUT2D eigenvalue weighted by Gasteiger charge is -2.25. The minimum atomic E-state index is 0.429. The normalized spacial score (nSPS) is 26.1. The van der Waals surface area contributed by atoms with E-state index in [4.69, 9.17) is 12.2 Å². The van der Waals surface area contributed by atoms with Crippen molar-refractivity contribution in [3.8, 4) is 0 Å². The number of nitrogens with one attached hydrogen (secondary N) is 1. The molecule has 0 amide bonds. The van der Waals surface area contributed by atoms with Crippen molar-refractivity contribution in [1.82, 2.24) is 14.8 Å². The van der Waals surface area contributed by atoms with Crippen LogP contribution in [-0.4, -0.2) is 14.8 Å². The third-order valence-corrected chi connectivity index (χ3v) is 4.18. The van der Waals surface area contributed by atoms with E-state index < -0.39 is 0 Å². The number of aromatic amines is 1. The molecular formula is C13H23N3S. The number of rotatable bonds is 2. The van der Waals surface area contributed by atoms with Gasteiger partial charge in [0.15, 0.2) is 4.77 Å². The Bertz CT molecular complexity index is 419. The molecule has 0 saturated heterocycles. The quantitative estimate of drug-likeness (QED) is 0.633. The van der Waals surface area contributed by atoms with Crippen LogP contribution in [0, 0.1) is 10.7 Å². The molecule has 96 valence electrons. The topological polar surface area (TPSA) is 33.6 Å². The number of aromatic nitrogens is 3. The Balaban J connectivity index is 2.37. The predicted octanol–water partition coefficient (Wildman–Crippen LogP) is 4.21. The van der Waals surface area contributed by atoms with Gasteiger partial charge in [-0.2, -0.15) is 5.10 Å². The van der Waals surface area contributed by atoms with E-state index >= 15 is 0 Å². The van der Waals surface area contributed by atoms with Crippen LogP contribution in [0.5, 0.6) is 0 Å². The first-order chi connectivity index (χ1) is 8.11. The molecule has 2 rings (SSSR count). The van der Waals surface area contributed by atoms with Crippen molar-refractivity contribution in [3.05, 3.63) is 10.6 Å². The number of hydrogen-bond acceptors (Lipinski definition) is 2. The molecule has 1 N–H and O–H groups in total. The molecule has 0 spiro atoms. The first-order valence-corrected chi connectivity index (χ1v) is 7.19. The summed E-state index contributed by atoms with van der Waals surface area (Å²) in [6.07, 6.45) is 6.60. The first-order valence-electron chi connectivity index (χ1n) is 6.78. The van der Waals surface area contributed by atoms with Gasteiger partial charge >= 0.3 is 0 Å². The van der Waals surface area contributed by atoms with E-state index in [0.717, 1.165) is 10.6 Å². The molecule has 4 heteroatoms. The van der Waals surface area contributed by atoms with Gasteiger partial charge in [0.1, 0.15) is 5.82 Å². The second kappa shape index (κ2) is 5.34. The Morgan fingerprint density at radius 2 is 2.00 bits per heavy atom. The second-order valence-corrected chi connectivity index (χ2v) is 5.98. The van der Waals surface area contributed by atoms with Gasteiger partial charge in [0.2, 0.25) is 0 Å². The van der Waals surface area contributed by atoms with Crippen molar-refractivity contribution < 1.29 is 0 Å². The van der Waals surface area contributed by atoms with Crippen molar-refractivity contribution in [2.24, 2.45) is 5.92 Å². The lowest BCUT2D eigenvalue weighted by Crippen LogP contribution is -2.19. The van der Waals surface area contributed by atoms with E-state index in [9.17, 15) is 0 Å². The zero-order valence-corrected chi connectivity index (χ0v) is 11.9. The highest BCUT2D eigenvalue weighted by Gasteiger charge is 2.25. The Morgan fingerprint density at radius 1 is 1.29 bits per heavy atom. The van der Waals surface area contributed by atoms with Crippen molar-refractivity contribution in [1.29, 1.82) is 0 Å². The van der Waals surface area contributed by atoms with Crippen LogP contribution in [0.15, 0.2) is 0 Å². The summed E-state index contributed by atoms with van der Waals surface area (Å²) < 4.78 is 3.09. The highest BCUT2D eigenvalue weighted by atomic mass is 32.1. The zero-order chi connectivity index (χ0) is 12.4. The predicted molar refractivity (Wildman–Crippen MR) is 72.8 cm³/mol. The van der Waals surface area contributed by atoms with E-state index in [2.05, 4.69) is 35.5 Å². The third kappa shape index (κ3) is 2.62. The van der Waals surface area contributed by atoms with Crippen LogP contribution in [0.4, 0.5) is 0 Å². The monoisotopic (exact) mass is 253 g/mol. The van der Waals surface area contributed by atoms with Crippen LogP contribution in [0.2, 0.25) is 0 Å². The van der Waals surface area contributed by atoms with E-state index in [1.54, 1.807) is 0 Å². The van der Waals surface area contributed by atoms with E-state index in [1.165, 1.54) is 32.1 Å². The molecule has 0 aromatic carbocycles. The summed E-state index contributed by atoms with van der Waals surface area (Å²) >= 11 is 5.42. The van der Waals surface area contributed by atoms with Gasteiger partial charge in [0.25, 0.3) is 0 Å². The van der Waals surface area contributed by atoms with E-state index in [0.29, 0.717) is 17.9 Å². The van der Waals surface area contributed by atoms with Crippen molar-refractivity contribution in [3.63, 3.8) is 0 Å². The highest BCUT2D eigenvalue weighted by molar-refractivity contribution is 7.71. The van der Waals surface area contributed by atoms with Crippen LogP contribution >= 0.6 is 12.2 Å². The maximum absolute atomic E-state index is 5.42. The molecule has 1 aliphatic carbocycles. The van der Waals surface area contributed by atoms with Crippen molar-refractivity contribution in [2.45, 2.75) is 64.8 Å². The standard InChI is InChI=1S/C13H23N3S/c1-9(2)12-14-15-13(17)16(12)11-8-6-4-5-7-10(11)3/h9-11H,4-8H2,1-3H3,(H,15,17). The van der Waals surface area contributed by atoms with Crippen LogP contribution in [0.1, 0.15) is 70.7 Å². The highest BCUT2D eigenvalue weighted by Crippen LogP contribution is 2.34. The maximum Gasteiger partial charge on any atom is 0.195 e. The number of H-pyrrole nitrogens is 1. The molecule has 0 aliphatic heterocycles. The van der Waals surface area contributed by atoms with Crippen LogP contribution in [-0.2, 0) is 0 Å². The van der Waals surface area contributed by atoms with E-state index in [1.807, 2.05) is 0 Å². The zero-order valence-electron chi connectivity index (χ0n) is 11.1. The summed E-state index contributed by atoms with van der Waals surface area (Å²) in [5, 5.41) is 7.37. The summed E-state index contributed by atoms with van der Waals surface area (Å²) in [6, 6.07) is 0.543. The minimum absolute atomic E-state index is 0.429. The van der Waals surface area contributed by atoms with Crippen LogP contribution < -0.4 is 0 Å². The van der Waals surface area contributed by atoms with Gasteiger partial charge in [0, 0.05) is 12.0 Å². The smallest absolute Gasteiger partial charge is 0.195 e. The Morgan fingerprint density at radius 3 is 2.71 bits per heavy atom. The van der Waals surface area contributed by atoms with Gasteiger partial charge < -0.3 is 4.57 Å². The Kier molecular flexibility index (Phi) is 4.02. The van der Waals surface area contributed by atoms with Gasteiger partial charge in [0.05, 0.1) is 0 Å². The average molecular weight is 253 g/mol. The van der Waals surface area contributed by atoms with Gasteiger partial charge in [-0.3, -0.25) is 5.10 Å². The van der Waals surface area contributed by atoms with Crippen LogP contribution in [0.3, 0.4) is 0 Å². The molecule has 0 bridgehead atoms. The van der Waals surface area contributed by atoms with Gasteiger partial charge in [-0.05, 0) is 31.0 Å². The molecule has 1 heterocycles. The molecule has 1 aromatic heterocycles. The van der Waals surface area contributed by atoms with E-state index in [-0.39, 0.29) is 0 Å². The van der Waals surface area contributed by atoms with Crippen molar-refractivity contribution >= 4 is 12.2 Å². The largest absolute Gasteiger partial charge is 0.301 e. The molecule has 1 aliphatic rings. The lowest BCUT2D eigenvalue weighted by molar-refractivity contribution is 0.320. The molecule has 1 aromatic rings. The summed E-state index contributed by atoms with van der Waals surface area (Å²) in [4.78, 5) is 0. The summed E-state index contributed by atoms with van der Waals surface area (Å²) in [7, 11) is 0. The number of hydrogen-bond donors (Lipinski definition) is 1. The molecule has 17 heavy (non-hydrogen) atoms. The fourth-order valence-corrected chi connectivity index (χ4v) is 3.18. The molecule has 2 atom stereocenters. The summed E-state index contributed by atoms with van der Waals surface area (Å²) in [5.41, 5.74) is 0. The average Bonchev–Trinajstić information content (AvgIpc) is 2.52. The fourth-order valence-electron chi connectivity index (χ4n) is 2.90.